The van der Waals surface area contributed by atoms with Crippen molar-refractivity contribution in [1.82, 2.24) is 20.8 Å². The third kappa shape index (κ3) is 3.62. The van der Waals surface area contributed by atoms with E-state index in [1.165, 1.54) is 12.8 Å². The molecule has 0 atom stereocenters. The molecule has 0 saturated heterocycles. The highest BCUT2D eigenvalue weighted by atomic mass is 16.5. The summed E-state index contributed by atoms with van der Waals surface area (Å²) in [6.45, 7) is 2.79. The smallest absolute Gasteiger partial charge is 0.246 e. The van der Waals surface area contributed by atoms with E-state index in [0.717, 1.165) is 6.54 Å². The number of rotatable bonds is 6. The maximum atomic E-state index is 11.4. The molecule has 2 N–H and O–H groups in total. The first-order chi connectivity index (χ1) is 7.74. The van der Waals surface area contributed by atoms with Crippen LogP contribution >= 0.6 is 0 Å². The molecule has 0 bridgehead atoms. The van der Waals surface area contributed by atoms with Crippen LogP contribution in [0.4, 0.5) is 0 Å². The summed E-state index contributed by atoms with van der Waals surface area (Å²) in [6, 6.07) is 0.645. The summed E-state index contributed by atoms with van der Waals surface area (Å²) in [5, 5.41) is 9.65. The lowest BCUT2D eigenvalue weighted by Crippen LogP contribution is -2.28. The Morgan fingerprint density at radius 2 is 2.38 bits per heavy atom. The average molecular weight is 224 g/mol. The molecular formula is C10H16N4O2. The van der Waals surface area contributed by atoms with Crippen LogP contribution in [0.1, 0.15) is 31.0 Å². The molecule has 1 saturated carbocycles. The van der Waals surface area contributed by atoms with Crippen molar-refractivity contribution in [3.05, 3.63) is 11.7 Å². The van der Waals surface area contributed by atoms with E-state index in [2.05, 4.69) is 20.8 Å². The highest BCUT2D eigenvalue weighted by Gasteiger charge is 2.20. The molecule has 0 unspecified atom stereocenters. The molecule has 6 heteroatoms. The van der Waals surface area contributed by atoms with Gasteiger partial charge in [0, 0.05) is 19.0 Å². The molecule has 1 amide bonds. The maximum absolute atomic E-state index is 11.4. The summed E-state index contributed by atoms with van der Waals surface area (Å²) in [7, 11) is 0. The third-order valence-corrected chi connectivity index (χ3v) is 2.37. The number of hydrogen-bond donors (Lipinski definition) is 2. The Bertz CT molecular complexity index is 359. The van der Waals surface area contributed by atoms with E-state index >= 15 is 0 Å². The van der Waals surface area contributed by atoms with Crippen molar-refractivity contribution in [2.24, 2.45) is 0 Å². The highest BCUT2D eigenvalue weighted by Crippen LogP contribution is 2.18. The SMILES string of the molecule is Cc1noc(CNC(=O)CCNC2CC2)n1. The molecular weight excluding hydrogens is 208 g/mol. The van der Waals surface area contributed by atoms with Crippen molar-refractivity contribution < 1.29 is 9.32 Å². The Morgan fingerprint density at radius 1 is 1.56 bits per heavy atom. The van der Waals surface area contributed by atoms with E-state index in [-0.39, 0.29) is 5.91 Å². The van der Waals surface area contributed by atoms with Crippen molar-refractivity contribution >= 4 is 5.91 Å². The molecule has 16 heavy (non-hydrogen) atoms. The van der Waals surface area contributed by atoms with Crippen molar-refractivity contribution in [3.63, 3.8) is 0 Å². The summed E-state index contributed by atoms with van der Waals surface area (Å²) < 4.78 is 4.88. The van der Waals surface area contributed by atoms with E-state index in [0.29, 0.717) is 30.7 Å². The molecule has 6 nitrogen and oxygen atoms in total. The topological polar surface area (TPSA) is 80.0 Å². The van der Waals surface area contributed by atoms with Gasteiger partial charge in [-0.3, -0.25) is 4.79 Å². The van der Waals surface area contributed by atoms with Crippen LogP contribution in [0, 0.1) is 6.92 Å². The van der Waals surface area contributed by atoms with Gasteiger partial charge in [-0.05, 0) is 19.8 Å². The molecule has 1 aliphatic rings. The number of nitrogens with zero attached hydrogens (tertiary/aromatic N) is 2. The molecule has 1 aromatic rings. The number of carbonyl (C=O) groups excluding carboxylic acids is 1. The van der Waals surface area contributed by atoms with Gasteiger partial charge in [-0.15, -0.1) is 0 Å². The quantitative estimate of drug-likeness (QED) is 0.718. The van der Waals surface area contributed by atoms with Gasteiger partial charge in [-0.25, -0.2) is 0 Å². The van der Waals surface area contributed by atoms with E-state index in [9.17, 15) is 4.79 Å². The predicted molar refractivity (Wildman–Crippen MR) is 56.5 cm³/mol. The number of nitrogens with one attached hydrogen (secondary N) is 2. The number of hydrogen-bond acceptors (Lipinski definition) is 5. The lowest BCUT2D eigenvalue weighted by atomic mass is 10.4. The van der Waals surface area contributed by atoms with Gasteiger partial charge in [0.05, 0.1) is 6.54 Å². The van der Waals surface area contributed by atoms with E-state index in [1.807, 2.05) is 0 Å². The average Bonchev–Trinajstić information content (AvgIpc) is 2.98. The van der Waals surface area contributed by atoms with Crippen molar-refractivity contribution in [2.75, 3.05) is 6.54 Å². The summed E-state index contributed by atoms with van der Waals surface area (Å²) in [4.78, 5) is 15.4. The Balaban J connectivity index is 1.59. The normalized spacial score (nSPS) is 15.1. The summed E-state index contributed by atoms with van der Waals surface area (Å²) >= 11 is 0. The second kappa shape index (κ2) is 5.07. The lowest BCUT2D eigenvalue weighted by molar-refractivity contribution is -0.121. The molecule has 0 spiro atoms. The maximum Gasteiger partial charge on any atom is 0.246 e. The van der Waals surface area contributed by atoms with Crippen LogP contribution in [0.3, 0.4) is 0 Å². The molecule has 0 aromatic carbocycles. The number of aryl methyl sites for hydroxylation is 1. The number of amides is 1. The van der Waals surface area contributed by atoms with Gasteiger partial charge in [0.25, 0.3) is 0 Å². The largest absolute Gasteiger partial charge is 0.347 e. The summed E-state index contributed by atoms with van der Waals surface area (Å²) in [5.74, 6) is 1.03. The molecule has 88 valence electrons. The van der Waals surface area contributed by atoms with Crippen LogP contribution in [0.2, 0.25) is 0 Å². The minimum atomic E-state index is 0.00371. The zero-order valence-electron chi connectivity index (χ0n) is 9.32. The van der Waals surface area contributed by atoms with Gasteiger partial charge in [0.15, 0.2) is 5.82 Å². The highest BCUT2D eigenvalue weighted by molar-refractivity contribution is 5.75. The van der Waals surface area contributed by atoms with Gasteiger partial charge in [-0.2, -0.15) is 4.98 Å². The molecule has 1 aromatic heterocycles. The Hall–Kier alpha value is -1.43. The fourth-order valence-corrected chi connectivity index (χ4v) is 1.35. The molecule has 1 aliphatic carbocycles. The van der Waals surface area contributed by atoms with Crippen LogP contribution in [0.5, 0.6) is 0 Å². The molecule has 1 heterocycles. The Morgan fingerprint density at radius 3 is 3.00 bits per heavy atom. The van der Waals surface area contributed by atoms with Crippen molar-refractivity contribution in [1.29, 1.82) is 0 Å². The number of carbonyl (C=O) groups is 1. The van der Waals surface area contributed by atoms with Gasteiger partial charge >= 0.3 is 0 Å². The zero-order valence-corrected chi connectivity index (χ0v) is 9.32. The minimum Gasteiger partial charge on any atom is -0.347 e. The van der Waals surface area contributed by atoms with Gasteiger partial charge in [-0.1, -0.05) is 5.16 Å². The predicted octanol–water partition coefficient (Wildman–Crippen LogP) is 0.136. The first-order valence-electron chi connectivity index (χ1n) is 5.53. The van der Waals surface area contributed by atoms with Gasteiger partial charge in [0.1, 0.15) is 0 Å². The van der Waals surface area contributed by atoms with Crippen LogP contribution in [-0.2, 0) is 11.3 Å². The first kappa shape index (κ1) is 11.1. The monoisotopic (exact) mass is 224 g/mol. The molecule has 2 rings (SSSR count). The van der Waals surface area contributed by atoms with Gasteiger partial charge in [0.2, 0.25) is 11.8 Å². The zero-order chi connectivity index (χ0) is 11.4. The standard InChI is InChI=1S/C10H16N4O2/c1-7-13-10(16-14-7)6-12-9(15)4-5-11-8-2-3-8/h8,11H,2-6H2,1H3,(H,12,15). The van der Waals surface area contributed by atoms with Crippen LogP contribution < -0.4 is 10.6 Å². The van der Waals surface area contributed by atoms with Crippen LogP contribution in [-0.4, -0.2) is 28.6 Å². The van der Waals surface area contributed by atoms with E-state index in [4.69, 9.17) is 4.52 Å². The summed E-state index contributed by atoms with van der Waals surface area (Å²) in [5.41, 5.74) is 0. The number of aromatic nitrogens is 2. The second-order valence-electron chi connectivity index (χ2n) is 3.99. The summed E-state index contributed by atoms with van der Waals surface area (Å²) in [6.07, 6.45) is 2.97. The minimum absolute atomic E-state index is 0.00371. The first-order valence-corrected chi connectivity index (χ1v) is 5.53. The van der Waals surface area contributed by atoms with Crippen molar-refractivity contribution in [2.45, 2.75) is 38.8 Å². The molecule has 0 radical (unpaired) electrons. The second-order valence-corrected chi connectivity index (χ2v) is 3.99. The molecule has 1 fully saturated rings. The third-order valence-electron chi connectivity index (χ3n) is 2.37. The Kier molecular flexibility index (Phi) is 3.51. The lowest BCUT2D eigenvalue weighted by Gasteiger charge is -2.03. The fraction of sp³-hybridized carbons (Fsp3) is 0.700. The van der Waals surface area contributed by atoms with Crippen molar-refractivity contribution in [3.8, 4) is 0 Å². The fourth-order valence-electron chi connectivity index (χ4n) is 1.35. The molecule has 0 aliphatic heterocycles. The van der Waals surface area contributed by atoms with Crippen LogP contribution in [0.15, 0.2) is 4.52 Å². The van der Waals surface area contributed by atoms with E-state index in [1.54, 1.807) is 6.92 Å². The Labute approximate surface area is 93.8 Å². The van der Waals surface area contributed by atoms with Gasteiger partial charge < -0.3 is 15.2 Å². The van der Waals surface area contributed by atoms with E-state index < -0.39 is 0 Å². The van der Waals surface area contributed by atoms with Crippen LogP contribution in [0.25, 0.3) is 0 Å².